The van der Waals surface area contributed by atoms with Gasteiger partial charge in [-0.1, -0.05) is 48.4 Å². The van der Waals surface area contributed by atoms with Crippen LogP contribution in [0.1, 0.15) is 49.9 Å². The molecule has 3 heterocycles. The first-order valence-electron chi connectivity index (χ1n) is 12.0. The number of benzene rings is 1. The van der Waals surface area contributed by atoms with E-state index in [1.54, 1.807) is 31.3 Å². The van der Waals surface area contributed by atoms with Gasteiger partial charge in [-0.15, -0.1) is 0 Å². The predicted octanol–water partition coefficient (Wildman–Crippen LogP) is 3.12. The standard InChI is InChI=1S/C26H31N5O3/c1-17(2)12-14-30-22-23(27-25(30)29-15-13-18-10-7-11-20(18)29)28(3)26(34)31(24(22)33)16-21(32)19-8-5-4-6-9-19/h4-6,8-9,12,18,20H,7,10-11,13-16H2,1-3H3/t18-,20-/m1/s1. The number of ketones is 1. The van der Waals surface area contributed by atoms with Crippen LogP contribution in [0.2, 0.25) is 0 Å². The highest BCUT2D eigenvalue weighted by Gasteiger charge is 2.40. The molecule has 2 aliphatic rings. The first-order valence-corrected chi connectivity index (χ1v) is 12.0. The second-order valence-corrected chi connectivity index (χ2v) is 9.74. The van der Waals surface area contributed by atoms with Gasteiger partial charge in [-0.25, -0.2) is 4.79 Å². The number of hydrogen-bond donors (Lipinski definition) is 0. The van der Waals surface area contributed by atoms with E-state index in [1.165, 1.54) is 17.4 Å². The van der Waals surface area contributed by atoms with Crippen molar-refractivity contribution in [2.45, 2.75) is 58.7 Å². The van der Waals surface area contributed by atoms with Crippen molar-refractivity contribution in [1.82, 2.24) is 18.7 Å². The molecule has 1 saturated carbocycles. The third-order valence-electron chi connectivity index (χ3n) is 7.31. The second-order valence-electron chi connectivity index (χ2n) is 9.74. The molecule has 5 rings (SSSR count). The lowest BCUT2D eigenvalue weighted by Crippen LogP contribution is -2.41. The van der Waals surface area contributed by atoms with Gasteiger partial charge < -0.3 is 9.47 Å². The van der Waals surface area contributed by atoms with Crippen molar-refractivity contribution >= 4 is 22.9 Å². The SMILES string of the molecule is CC(C)=CCn1c(N2CC[C@H]3CCC[C@H]32)nc2c1c(=O)n(CC(=O)c1ccccc1)c(=O)n2C. The molecule has 1 aromatic carbocycles. The normalized spacial score (nSPS) is 19.6. The first kappa shape index (κ1) is 22.4. The molecular weight excluding hydrogens is 430 g/mol. The lowest BCUT2D eigenvalue weighted by molar-refractivity contribution is 0.0969. The molecule has 8 heteroatoms. The Kier molecular flexibility index (Phi) is 5.75. The van der Waals surface area contributed by atoms with Crippen molar-refractivity contribution < 1.29 is 4.79 Å². The summed E-state index contributed by atoms with van der Waals surface area (Å²) in [5, 5.41) is 0. The summed E-state index contributed by atoms with van der Waals surface area (Å²) in [4.78, 5) is 46.9. The number of carbonyl (C=O) groups is 1. The Morgan fingerprint density at radius 3 is 2.59 bits per heavy atom. The van der Waals surface area contributed by atoms with E-state index in [0.29, 0.717) is 35.2 Å². The van der Waals surface area contributed by atoms with Gasteiger partial charge in [0.05, 0.1) is 6.54 Å². The number of aromatic nitrogens is 4. The van der Waals surface area contributed by atoms with Crippen LogP contribution in [0.4, 0.5) is 5.95 Å². The Morgan fingerprint density at radius 2 is 1.85 bits per heavy atom. The average molecular weight is 462 g/mol. The monoisotopic (exact) mass is 461 g/mol. The Balaban J connectivity index is 1.67. The van der Waals surface area contributed by atoms with Gasteiger partial charge in [0.15, 0.2) is 16.9 Å². The van der Waals surface area contributed by atoms with Gasteiger partial charge >= 0.3 is 5.69 Å². The number of fused-ring (bicyclic) bond motifs is 2. The number of aryl methyl sites for hydroxylation is 1. The molecule has 2 atom stereocenters. The predicted molar refractivity (Wildman–Crippen MR) is 133 cm³/mol. The minimum atomic E-state index is -0.527. The Hall–Kier alpha value is -3.42. The van der Waals surface area contributed by atoms with Crippen LogP contribution < -0.4 is 16.1 Å². The summed E-state index contributed by atoms with van der Waals surface area (Å²) in [5.74, 6) is 1.14. The molecule has 0 N–H and O–H groups in total. The molecule has 0 amide bonds. The van der Waals surface area contributed by atoms with Crippen molar-refractivity contribution in [3.05, 3.63) is 68.4 Å². The van der Waals surface area contributed by atoms with Crippen molar-refractivity contribution in [1.29, 1.82) is 0 Å². The number of allylic oxidation sites excluding steroid dienone is 2. The number of carbonyl (C=O) groups excluding carboxylic acids is 1. The highest BCUT2D eigenvalue weighted by atomic mass is 16.2. The van der Waals surface area contributed by atoms with Crippen molar-refractivity contribution in [2.75, 3.05) is 11.4 Å². The number of hydrogen-bond acceptors (Lipinski definition) is 5. The van der Waals surface area contributed by atoms with Crippen LogP contribution >= 0.6 is 0 Å². The summed E-state index contributed by atoms with van der Waals surface area (Å²) >= 11 is 0. The maximum absolute atomic E-state index is 13.7. The van der Waals surface area contributed by atoms with Gasteiger partial charge in [-0.05, 0) is 39.0 Å². The third-order valence-corrected chi connectivity index (χ3v) is 7.31. The van der Waals surface area contributed by atoms with Crippen molar-refractivity contribution in [3.8, 4) is 0 Å². The van der Waals surface area contributed by atoms with Crippen LogP contribution in [-0.2, 0) is 20.1 Å². The van der Waals surface area contributed by atoms with Gasteiger partial charge in [0.25, 0.3) is 5.56 Å². The van der Waals surface area contributed by atoms with Gasteiger partial charge in [-0.2, -0.15) is 4.98 Å². The van der Waals surface area contributed by atoms with Crippen LogP contribution in [0.25, 0.3) is 11.2 Å². The Labute approximate surface area is 198 Å². The molecule has 0 unspecified atom stereocenters. The number of nitrogens with zero attached hydrogens (tertiary/aromatic N) is 5. The van der Waals surface area contributed by atoms with Crippen molar-refractivity contribution in [2.24, 2.45) is 13.0 Å². The molecular formula is C26H31N5O3. The molecule has 8 nitrogen and oxygen atoms in total. The maximum Gasteiger partial charge on any atom is 0.332 e. The number of anilines is 1. The zero-order valence-electron chi connectivity index (χ0n) is 20.0. The Bertz CT molecular complexity index is 1390. The zero-order chi connectivity index (χ0) is 24.0. The van der Waals surface area contributed by atoms with Crippen LogP contribution in [0.15, 0.2) is 51.6 Å². The van der Waals surface area contributed by atoms with Crippen LogP contribution in [0.3, 0.4) is 0 Å². The number of imidazole rings is 1. The fourth-order valence-corrected chi connectivity index (χ4v) is 5.51. The van der Waals surface area contributed by atoms with Gasteiger partial charge in [-0.3, -0.25) is 18.7 Å². The van der Waals surface area contributed by atoms with E-state index in [1.807, 2.05) is 24.5 Å². The summed E-state index contributed by atoms with van der Waals surface area (Å²) < 4.78 is 4.39. The van der Waals surface area contributed by atoms with Crippen LogP contribution in [-0.4, -0.2) is 37.1 Å². The lowest BCUT2D eigenvalue weighted by Gasteiger charge is -2.25. The summed E-state index contributed by atoms with van der Waals surface area (Å²) in [6.07, 6.45) is 6.78. The molecule has 34 heavy (non-hydrogen) atoms. The minimum Gasteiger partial charge on any atom is -0.339 e. The summed E-state index contributed by atoms with van der Waals surface area (Å²) in [7, 11) is 1.62. The molecule has 1 aliphatic carbocycles. The second kappa shape index (κ2) is 8.74. The van der Waals surface area contributed by atoms with Crippen molar-refractivity contribution in [3.63, 3.8) is 0 Å². The molecule has 3 aromatic rings. The van der Waals surface area contributed by atoms with Gasteiger partial charge in [0, 0.05) is 31.7 Å². The molecule has 0 radical (unpaired) electrons. The molecule has 2 fully saturated rings. The first-order chi connectivity index (χ1) is 16.4. The largest absolute Gasteiger partial charge is 0.339 e. The highest BCUT2D eigenvalue weighted by molar-refractivity contribution is 5.95. The Morgan fingerprint density at radius 1 is 1.09 bits per heavy atom. The molecule has 178 valence electrons. The molecule has 1 saturated heterocycles. The molecule has 0 bridgehead atoms. The molecule has 0 spiro atoms. The van der Waals surface area contributed by atoms with E-state index in [0.717, 1.165) is 35.5 Å². The van der Waals surface area contributed by atoms with E-state index in [-0.39, 0.29) is 12.3 Å². The van der Waals surface area contributed by atoms with Crippen LogP contribution in [0.5, 0.6) is 0 Å². The summed E-state index contributed by atoms with van der Waals surface area (Å²) in [6, 6.07) is 9.18. The fourth-order valence-electron chi connectivity index (χ4n) is 5.51. The zero-order valence-corrected chi connectivity index (χ0v) is 20.0. The van der Waals surface area contributed by atoms with E-state index < -0.39 is 11.2 Å². The smallest absolute Gasteiger partial charge is 0.332 e. The quantitative estimate of drug-likeness (QED) is 0.416. The highest BCUT2D eigenvalue weighted by Crippen LogP contribution is 2.40. The van der Waals surface area contributed by atoms with Gasteiger partial charge in [0.1, 0.15) is 0 Å². The summed E-state index contributed by atoms with van der Waals surface area (Å²) in [5.41, 5.74) is 1.36. The third kappa shape index (κ3) is 3.71. The average Bonchev–Trinajstić information content (AvgIpc) is 3.54. The number of Topliss-reactive ketones (excluding diaryl/α,β-unsaturated/α-hetero) is 1. The fraction of sp³-hybridized carbons (Fsp3) is 0.462. The lowest BCUT2D eigenvalue weighted by atomic mass is 10.1. The molecule has 1 aliphatic heterocycles. The van der Waals surface area contributed by atoms with E-state index in [9.17, 15) is 14.4 Å². The summed E-state index contributed by atoms with van der Waals surface area (Å²) in [6.45, 7) is 5.13. The van der Waals surface area contributed by atoms with E-state index in [4.69, 9.17) is 4.98 Å². The maximum atomic E-state index is 13.7. The van der Waals surface area contributed by atoms with E-state index in [2.05, 4.69) is 11.0 Å². The topological polar surface area (TPSA) is 82.1 Å². The minimum absolute atomic E-state index is 0.275. The molecule has 2 aromatic heterocycles. The van der Waals surface area contributed by atoms with Gasteiger partial charge in [0.2, 0.25) is 5.95 Å². The number of rotatable bonds is 6. The van der Waals surface area contributed by atoms with E-state index >= 15 is 0 Å². The van der Waals surface area contributed by atoms with Crippen LogP contribution in [0, 0.1) is 5.92 Å².